The predicted octanol–water partition coefficient (Wildman–Crippen LogP) is 4.87. The summed E-state index contributed by atoms with van der Waals surface area (Å²) in [6.45, 7) is 4.81. The van der Waals surface area contributed by atoms with Crippen LogP contribution in [0.5, 0.6) is 0 Å². The summed E-state index contributed by atoms with van der Waals surface area (Å²) in [4.78, 5) is 15.0. The van der Waals surface area contributed by atoms with Crippen LogP contribution in [0.4, 0.5) is 0 Å². The number of nitrogens with zero attached hydrogens (tertiary/aromatic N) is 1. The minimum Gasteiger partial charge on any atom is -0.350 e. The second-order valence-electron chi connectivity index (χ2n) is 6.45. The van der Waals surface area contributed by atoms with E-state index in [4.69, 9.17) is 23.2 Å². The van der Waals surface area contributed by atoms with Crippen LogP contribution < -0.4 is 5.32 Å². The summed E-state index contributed by atoms with van der Waals surface area (Å²) in [6, 6.07) is 13.5. The van der Waals surface area contributed by atoms with E-state index in [1.165, 1.54) is 24.0 Å². The largest absolute Gasteiger partial charge is 0.350 e. The fourth-order valence-corrected chi connectivity index (χ4v) is 3.90. The van der Waals surface area contributed by atoms with Crippen molar-refractivity contribution in [2.24, 2.45) is 0 Å². The zero-order valence-corrected chi connectivity index (χ0v) is 15.8. The van der Waals surface area contributed by atoms with Crippen molar-refractivity contribution in [1.82, 2.24) is 10.2 Å². The fourth-order valence-electron chi connectivity index (χ4n) is 3.41. The normalized spacial score (nSPS) is 16.0. The molecule has 1 amide bonds. The van der Waals surface area contributed by atoms with Gasteiger partial charge in [0.15, 0.2) is 0 Å². The molecule has 3 rings (SSSR count). The van der Waals surface area contributed by atoms with Crippen LogP contribution in [0.15, 0.2) is 42.5 Å². The zero-order valence-electron chi connectivity index (χ0n) is 14.3. The number of rotatable bonds is 5. The summed E-state index contributed by atoms with van der Waals surface area (Å²) < 4.78 is 0. The molecule has 25 heavy (non-hydrogen) atoms. The molecule has 1 saturated heterocycles. The quantitative estimate of drug-likeness (QED) is 0.807. The fraction of sp³-hybridized carbons (Fsp3) is 0.350. The Morgan fingerprint density at radius 3 is 2.56 bits per heavy atom. The highest BCUT2D eigenvalue weighted by Gasteiger charge is 2.25. The average Bonchev–Trinajstić information content (AvgIpc) is 3.10. The van der Waals surface area contributed by atoms with Gasteiger partial charge in [0.25, 0.3) is 5.91 Å². The second kappa shape index (κ2) is 8.22. The first-order valence-corrected chi connectivity index (χ1v) is 9.34. The first kappa shape index (κ1) is 18.2. The lowest BCUT2D eigenvalue weighted by atomic mass is 10.00. The molecule has 1 unspecified atom stereocenters. The first-order chi connectivity index (χ1) is 12.1. The highest BCUT2D eigenvalue weighted by Crippen LogP contribution is 2.27. The maximum atomic E-state index is 12.6. The van der Waals surface area contributed by atoms with Crippen molar-refractivity contribution in [3.05, 3.63) is 69.2 Å². The summed E-state index contributed by atoms with van der Waals surface area (Å²) in [5.74, 6) is -0.167. The Morgan fingerprint density at radius 1 is 1.16 bits per heavy atom. The Balaban J connectivity index is 1.76. The van der Waals surface area contributed by atoms with Crippen molar-refractivity contribution in [2.75, 3.05) is 19.6 Å². The standard InChI is InChI=1S/C20H22Cl2N2O/c1-14-6-2-3-7-16(14)19(24-10-4-5-11-24)13-23-20(25)17-9-8-15(21)12-18(17)22/h2-3,6-9,12,19H,4-5,10-11,13H2,1H3,(H,23,25). The lowest BCUT2D eigenvalue weighted by Gasteiger charge is -2.29. The van der Waals surface area contributed by atoms with Gasteiger partial charge >= 0.3 is 0 Å². The van der Waals surface area contributed by atoms with E-state index < -0.39 is 0 Å². The maximum absolute atomic E-state index is 12.6. The van der Waals surface area contributed by atoms with E-state index in [0.29, 0.717) is 22.2 Å². The number of hydrogen-bond donors (Lipinski definition) is 1. The molecule has 1 atom stereocenters. The average molecular weight is 377 g/mol. The van der Waals surface area contributed by atoms with Crippen molar-refractivity contribution >= 4 is 29.1 Å². The summed E-state index contributed by atoms with van der Waals surface area (Å²) in [5.41, 5.74) is 2.97. The number of carbonyl (C=O) groups is 1. The number of aryl methyl sites for hydroxylation is 1. The van der Waals surface area contributed by atoms with E-state index in [2.05, 4.69) is 35.3 Å². The molecule has 1 N–H and O–H groups in total. The van der Waals surface area contributed by atoms with Gasteiger partial charge in [0.05, 0.1) is 16.6 Å². The summed E-state index contributed by atoms with van der Waals surface area (Å²) in [6.07, 6.45) is 2.42. The molecular formula is C20H22Cl2N2O. The summed E-state index contributed by atoms with van der Waals surface area (Å²) in [7, 11) is 0. The van der Waals surface area contributed by atoms with Gasteiger partial charge in [-0.1, -0.05) is 47.5 Å². The molecule has 0 aliphatic carbocycles. The van der Waals surface area contributed by atoms with Crippen molar-refractivity contribution in [3.63, 3.8) is 0 Å². The molecule has 0 saturated carbocycles. The van der Waals surface area contributed by atoms with Crippen LogP contribution in [0, 0.1) is 6.92 Å². The van der Waals surface area contributed by atoms with Gasteiger partial charge in [0.2, 0.25) is 0 Å². The molecule has 1 heterocycles. The third kappa shape index (κ3) is 4.35. The van der Waals surface area contributed by atoms with Crippen LogP contribution in [0.1, 0.15) is 40.4 Å². The highest BCUT2D eigenvalue weighted by atomic mass is 35.5. The third-order valence-corrected chi connectivity index (χ3v) is 5.31. The molecular weight excluding hydrogens is 355 g/mol. The van der Waals surface area contributed by atoms with E-state index in [1.807, 2.05) is 6.07 Å². The van der Waals surface area contributed by atoms with Crippen LogP contribution in [-0.4, -0.2) is 30.4 Å². The minimum atomic E-state index is -0.167. The van der Waals surface area contributed by atoms with Crippen LogP contribution in [0.25, 0.3) is 0 Å². The van der Waals surface area contributed by atoms with Gasteiger partial charge in [-0.15, -0.1) is 0 Å². The summed E-state index contributed by atoms with van der Waals surface area (Å²) in [5, 5.41) is 3.95. The molecule has 1 aliphatic rings. The molecule has 2 aromatic rings. The van der Waals surface area contributed by atoms with Gasteiger partial charge in [0.1, 0.15) is 0 Å². The van der Waals surface area contributed by atoms with Crippen LogP contribution in [0.3, 0.4) is 0 Å². The molecule has 132 valence electrons. The number of amides is 1. The molecule has 3 nitrogen and oxygen atoms in total. The minimum absolute atomic E-state index is 0.167. The lowest BCUT2D eigenvalue weighted by Crippen LogP contribution is -2.37. The van der Waals surface area contributed by atoms with Crippen LogP contribution in [-0.2, 0) is 0 Å². The van der Waals surface area contributed by atoms with E-state index >= 15 is 0 Å². The number of halogens is 2. The first-order valence-electron chi connectivity index (χ1n) is 8.59. The summed E-state index contributed by atoms with van der Waals surface area (Å²) >= 11 is 12.1. The predicted molar refractivity (Wildman–Crippen MR) is 104 cm³/mol. The van der Waals surface area contributed by atoms with Crippen molar-refractivity contribution in [3.8, 4) is 0 Å². The Hall–Kier alpha value is -1.55. The van der Waals surface area contributed by atoms with Crippen LogP contribution in [0.2, 0.25) is 10.0 Å². The lowest BCUT2D eigenvalue weighted by molar-refractivity contribution is 0.0938. The molecule has 5 heteroatoms. The topological polar surface area (TPSA) is 32.3 Å². The van der Waals surface area contributed by atoms with Gasteiger partial charge in [-0.05, 0) is 62.2 Å². The van der Waals surface area contributed by atoms with E-state index in [9.17, 15) is 4.79 Å². The number of hydrogen-bond acceptors (Lipinski definition) is 2. The second-order valence-corrected chi connectivity index (χ2v) is 7.29. The van der Waals surface area contributed by atoms with E-state index in [-0.39, 0.29) is 11.9 Å². The monoisotopic (exact) mass is 376 g/mol. The van der Waals surface area contributed by atoms with Crippen molar-refractivity contribution in [1.29, 1.82) is 0 Å². The van der Waals surface area contributed by atoms with Crippen molar-refractivity contribution in [2.45, 2.75) is 25.8 Å². The maximum Gasteiger partial charge on any atom is 0.252 e. The molecule has 0 spiro atoms. The molecule has 2 aromatic carbocycles. The van der Waals surface area contributed by atoms with Gasteiger partial charge in [-0.3, -0.25) is 9.69 Å². The van der Waals surface area contributed by atoms with Gasteiger partial charge in [-0.25, -0.2) is 0 Å². The Bertz CT molecular complexity index is 757. The van der Waals surface area contributed by atoms with E-state index in [1.54, 1.807) is 18.2 Å². The molecule has 0 bridgehead atoms. The zero-order chi connectivity index (χ0) is 17.8. The Morgan fingerprint density at radius 2 is 1.88 bits per heavy atom. The molecule has 0 radical (unpaired) electrons. The van der Waals surface area contributed by atoms with Gasteiger partial charge < -0.3 is 5.32 Å². The molecule has 0 aromatic heterocycles. The van der Waals surface area contributed by atoms with E-state index in [0.717, 1.165) is 13.1 Å². The smallest absolute Gasteiger partial charge is 0.252 e. The van der Waals surface area contributed by atoms with Crippen LogP contribution >= 0.6 is 23.2 Å². The third-order valence-electron chi connectivity index (χ3n) is 4.76. The van der Waals surface area contributed by atoms with Gasteiger partial charge in [0, 0.05) is 11.6 Å². The van der Waals surface area contributed by atoms with Gasteiger partial charge in [-0.2, -0.15) is 0 Å². The number of benzene rings is 2. The number of carbonyl (C=O) groups excluding carboxylic acids is 1. The van der Waals surface area contributed by atoms with Crippen molar-refractivity contribution < 1.29 is 4.79 Å². The molecule has 1 fully saturated rings. The Kier molecular flexibility index (Phi) is 6.00. The molecule has 1 aliphatic heterocycles. The Labute approximate surface area is 158 Å². The highest BCUT2D eigenvalue weighted by molar-refractivity contribution is 6.36. The number of likely N-dealkylation sites (tertiary alicyclic amines) is 1. The SMILES string of the molecule is Cc1ccccc1C(CNC(=O)c1ccc(Cl)cc1Cl)N1CCCC1. The number of nitrogens with one attached hydrogen (secondary N) is 1.